The van der Waals surface area contributed by atoms with Crippen LogP contribution < -0.4 is 14.8 Å². The zero-order valence-corrected chi connectivity index (χ0v) is 20.2. The van der Waals surface area contributed by atoms with Gasteiger partial charge in [-0.3, -0.25) is 4.79 Å². The van der Waals surface area contributed by atoms with Crippen LogP contribution in [0.3, 0.4) is 0 Å². The molecule has 0 bridgehead atoms. The van der Waals surface area contributed by atoms with Crippen molar-refractivity contribution in [1.82, 2.24) is 0 Å². The smallest absolute Gasteiger partial charge is 0.248 e. The lowest BCUT2D eigenvalue weighted by molar-refractivity contribution is -0.111. The number of carbonyl (C=O) groups is 1. The lowest BCUT2D eigenvalue weighted by Gasteiger charge is -2.11. The molecule has 174 valence electrons. The van der Waals surface area contributed by atoms with E-state index in [0.717, 1.165) is 55.8 Å². The Balaban J connectivity index is 1.68. The van der Waals surface area contributed by atoms with Crippen molar-refractivity contribution in [2.75, 3.05) is 19.0 Å². The molecule has 0 saturated carbocycles. The van der Waals surface area contributed by atoms with Gasteiger partial charge in [0.05, 0.1) is 20.0 Å². The maximum absolute atomic E-state index is 12.8. The minimum atomic E-state index is -0.188. The Hall–Kier alpha value is -3.99. The monoisotopic (exact) mass is 455 g/mol. The molecule has 0 radical (unpaired) electrons. The maximum Gasteiger partial charge on any atom is 0.248 e. The van der Waals surface area contributed by atoms with E-state index in [9.17, 15) is 4.79 Å². The van der Waals surface area contributed by atoms with E-state index in [2.05, 4.69) is 5.32 Å². The summed E-state index contributed by atoms with van der Waals surface area (Å²) in [6.07, 6.45) is 3.35. The summed E-state index contributed by atoms with van der Waals surface area (Å²) in [5, 5.41) is 3.93. The third-order valence-electron chi connectivity index (χ3n) is 6.01. The number of hydrogen-bond donors (Lipinski definition) is 1. The number of nitrogens with one attached hydrogen (secondary N) is 1. The minimum absolute atomic E-state index is 0.188. The molecule has 5 heteroatoms. The van der Waals surface area contributed by atoms with Gasteiger partial charge in [-0.05, 0) is 74.2 Å². The van der Waals surface area contributed by atoms with Crippen LogP contribution in [0.4, 0.5) is 5.69 Å². The predicted octanol–water partition coefficient (Wildman–Crippen LogP) is 7.17. The van der Waals surface area contributed by atoms with Crippen molar-refractivity contribution in [3.63, 3.8) is 0 Å². The number of anilines is 1. The van der Waals surface area contributed by atoms with Crippen LogP contribution in [0.25, 0.3) is 27.7 Å². The van der Waals surface area contributed by atoms with Gasteiger partial charge in [-0.2, -0.15) is 0 Å². The molecule has 0 saturated heterocycles. The largest absolute Gasteiger partial charge is 0.496 e. The Labute approximate surface area is 200 Å². The van der Waals surface area contributed by atoms with Crippen LogP contribution in [-0.4, -0.2) is 19.6 Å². The van der Waals surface area contributed by atoms with Crippen molar-refractivity contribution in [1.29, 1.82) is 0 Å². The van der Waals surface area contributed by atoms with Crippen LogP contribution in [0.1, 0.15) is 30.5 Å². The Morgan fingerprint density at radius 3 is 2.56 bits per heavy atom. The predicted molar refractivity (Wildman–Crippen MR) is 138 cm³/mol. The van der Waals surface area contributed by atoms with Crippen molar-refractivity contribution < 1.29 is 18.7 Å². The molecule has 0 aliphatic rings. The Morgan fingerprint density at radius 1 is 1.09 bits per heavy atom. The molecule has 0 aliphatic heterocycles. The molecule has 4 rings (SSSR count). The first-order chi connectivity index (χ1) is 16.4. The number of benzene rings is 3. The molecule has 1 aromatic heterocycles. The van der Waals surface area contributed by atoms with Crippen molar-refractivity contribution in [2.45, 2.75) is 27.7 Å². The van der Waals surface area contributed by atoms with Crippen molar-refractivity contribution in [3.05, 3.63) is 83.6 Å². The fourth-order valence-electron chi connectivity index (χ4n) is 3.98. The standard InChI is InChI=1S/C29H29NO4/c1-6-33-22-12-10-21(11-13-22)25-17-34-28-16-27(32-5)23(15-24(25)28)19(3)14-29(31)30-26-9-7-8-18(2)20(26)4/h7-17H,6H2,1-5H3,(H,30,31)/b19-14+. The van der Waals surface area contributed by atoms with Gasteiger partial charge in [-0.25, -0.2) is 0 Å². The molecule has 0 aliphatic carbocycles. The molecule has 0 spiro atoms. The summed E-state index contributed by atoms with van der Waals surface area (Å²) in [4.78, 5) is 12.8. The number of methoxy groups -OCH3 is 1. The second-order valence-corrected chi connectivity index (χ2v) is 8.22. The van der Waals surface area contributed by atoms with E-state index in [-0.39, 0.29) is 5.91 Å². The highest BCUT2D eigenvalue weighted by Gasteiger charge is 2.15. The number of carbonyl (C=O) groups excluding carboxylic acids is 1. The number of ether oxygens (including phenoxy) is 2. The van der Waals surface area contributed by atoms with Gasteiger partial charge in [0.1, 0.15) is 17.1 Å². The van der Waals surface area contributed by atoms with Gasteiger partial charge in [-0.1, -0.05) is 24.3 Å². The highest BCUT2D eigenvalue weighted by molar-refractivity contribution is 6.05. The number of furan rings is 1. The van der Waals surface area contributed by atoms with Crippen LogP contribution >= 0.6 is 0 Å². The Morgan fingerprint density at radius 2 is 1.85 bits per heavy atom. The fraction of sp³-hybridized carbons (Fsp3) is 0.207. The number of allylic oxidation sites excluding steroid dienone is 1. The first-order valence-electron chi connectivity index (χ1n) is 11.3. The van der Waals surface area contributed by atoms with E-state index in [0.29, 0.717) is 12.4 Å². The van der Waals surface area contributed by atoms with Gasteiger partial charge >= 0.3 is 0 Å². The van der Waals surface area contributed by atoms with Crippen LogP contribution in [-0.2, 0) is 4.79 Å². The van der Waals surface area contributed by atoms with Crippen molar-refractivity contribution in [3.8, 4) is 22.6 Å². The second kappa shape index (κ2) is 9.87. The number of hydrogen-bond acceptors (Lipinski definition) is 4. The van der Waals surface area contributed by atoms with E-state index in [1.165, 1.54) is 0 Å². The van der Waals surface area contributed by atoms with Gasteiger partial charge < -0.3 is 19.2 Å². The van der Waals surface area contributed by atoms with Gasteiger partial charge in [0, 0.05) is 34.3 Å². The zero-order chi connectivity index (χ0) is 24.2. The van der Waals surface area contributed by atoms with Gasteiger partial charge in [-0.15, -0.1) is 0 Å². The van der Waals surface area contributed by atoms with E-state index in [4.69, 9.17) is 13.9 Å². The fourth-order valence-corrected chi connectivity index (χ4v) is 3.98. The summed E-state index contributed by atoms with van der Waals surface area (Å²) in [5.74, 6) is 1.29. The van der Waals surface area contributed by atoms with Gasteiger partial charge in [0.15, 0.2) is 0 Å². The molecular weight excluding hydrogens is 426 g/mol. The summed E-state index contributed by atoms with van der Waals surface area (Å²) in [7, 11) is 1.62. The van der Waals surface area contributed by atoms with Crippen LogP contribution in [0, 0.1) is 13.8 Å². The molecule has 1 N–H and O–H groups in total. The zero-order valence-electron chi connectivity index (χ0n) is 20.2. The molecule has 0 fully saturated rings. The first kappa shape index (κ1) is 23.2. The van der Waals surface area contributed by atoms with Crippen molar-refractivity contribution >= 4 is 28.1 Å². The summed E-state index contributed by atoms with van der Waals surface area (Å²) < 4.78 is 17.0. The van der Waals surface area contributed by atoms with Crippen LogP contribution in [0.5, 0.6) is 11.5 Å². The van der Waals surface area contributed by atoms with E-state index < -0.39 is 0 Å². The number of fused-ring (bicyclic) bond motifs is 1. The van der Waals surface area contributed by atoms with E-state index in [1.54, 1.807) is 19.4 Å². The molecule has 5 nitrogen and oxygen atoms in total. The SMILES string of the molecule is CCOc1ccc(-c2coc3cc(OC)c(/C(C)=C/C(=O)Nc4cccc(C)c4C)cc23)cc1. The number of rotatable bonds is 7. The normalized spacial score (nSPS) is 11.5. The topological polar surface area (TPSA) is 60.7 Å². The Bertz CT molecular complexity index is 1360. The molecular formula is C29H29NO4. The Kier molecular flexibility index (Phi) is 6.73. The van der Waals surface area contributed by atoms with E-state index >= 15 is 0 Å². The third-order valence-corrected chi connectivity index (χ3v) is 6.01. The van der Waals surface area contributed by atoms with Gasteiger partial charge in [0.2, 0.25) is 5.91 Å². The average molecular weight is 456 g/mol. The van der Waals surface area contributed by atoms with Crippen LogP contribution in [0.2, 0.25) is 0 Å². The lowest BCUT2D eigenvalue weighted by Crippen LogP contribution is -2.10. The molecule has 0 atom stereocenters. The van der Waals surface area contributed by atoms with Crippen LogP contribution in [0.15, 0.2) is 71.4 Å². The molecule has 3 aromatic carbocycles. The van der Waals surface area contributed by atoms with E-state index in [1.807, 2.05) is 82.3 Å². The molecule has 1 heterocycles. The number of aryl methyl sites for hydroxylation is 1. The summed E-state index contributed by atoms with van der Waals surface area (Å²) in [5.41, 5.74) is 7.33. The summed E-state index contributed by atoms with van der Waals surface area (Å²) in [6.45, 7) is 8.52. The molecule has 4 aromatic rings. The molecule has 0 unspecified atom stereocenters. The summed E-state index contributed by atoms with van der Waals surface area (Å²) >= 11 is 0. The summed E-state index contributed by atoms with van der Waals surface area (Å²) in [6, 6.07) is 17.7. The third kappa shape index (κ3) is 4.69. The number of amides is 1. The maximum atomic E-state index is 12.8. The second-order valence-electron chi connectivity index (χ2n) is 8.22. The highest BCUT2D eigenvalue weighted by atomic mass is 16.5. The first-order valence-corrected chi connectivity index (χ1v) is 11.3. The minimum Gasteiger partial charge on any atom is -0.496 e. The average Bonchev–Trinajstić information content (AvgIpc) is 3.24. The van der Waals surface area contributed by atoms with Crippen molar-refractivity contribution in [2.24, 2.45) is 0 Å². The lowest BCUT2D eigenvalue weighted by atomic mass is 9.99. The molecule has 34 heavy (non-hydrogen) atoms. The van der Waals surface area contributed by atoms with Gasteiger partial charge in [0.25, 0.3) is 0 Å². The highest BCUT2D eigenvalue weighted by Crippen LogP contribution is 2.37. The molecule has 1 amide bonds. The quantitative estimate of drug-likeness (QED) is 0.300.